The van der Waals surface area contributed by atoms with E-state index in [1.807, 2.05) is 18.2 Å². The molecule has 2 saturated carbocycles. The standard InChI is InChI=1S/C27H20FN3O2S/c28-21-14-19(29-15-16-12-17(13-16)26(32)33)6-7-20(21)24-30-22-8-9-23(31-25(22)34-24)27(10-11-27)18-4-2-1-3-5-18/h1-9,14,16-17H,10-13H2/p+1. The summed E-state index contributed by atoms with van der Waals surface area (Å²) in [6.45, 7) is 0. The molecule has 4 aromatic rings. The second kappa shape index (κ2) is 8.00. The van der Waals surface area contributed by atoms with E-state index in [0.29, 0.717) is 29.1 Å². The molecule has 2 aromatic carbocycles. The number of aromatic nitrogens is 2. The maximum absolute atomic E-state index is 14.9. The van der Waals surface area contributed by atoms with Crippen LogP contribution in [0.4, 0.5) is 10.1 Å². The Morgan fingerprint density at radius 3 is 2.59 bits per heavy atom. The number of hydrogen-bond acceptors (Lipinski definition) is 4. The molecule has 2 fully saturated rings. The molecule has 0 amide bonds. The lowest BCUT2D eigenvalue weighted by Gasteiger charge is -2.24. The molecule has 6 rings (SSSR count). The highest BCUT2D eigenvalue weighted by atomic mass is 32.1. The number of benzene rings is 2. The molecule has 2 heterocycles. The van der Waals surface area contributed by atoms with Crippen molar-refractivity contribution < 1.29 is 14.3 Å². The molecule has 0 bridgehead atoms. The first kappa shape index (κ1) is 20.9. The number of hydrogen-bond donors (Lipinski definition) is 1. The third-order valence-corrected chi connectivity index (χ3v) is 7.87. The van der Waals surface area contributed by atoms with Gasteiger partial charge in [-0.25, -0.2) is 14.4 Å². The van der Waals surface area contributed by atoms with Crippen LogP contribution in [0.25, 0.3) is 25.8 Å². The van der Waals surface area contributed by atoms with Gasteiger partial charge in [-0.05, 0) is 54.3 Å². The Kier molecular flexibility index (Phi) is 4.93. The van der Waals surface area contributed by atoms with Crippen LogP contribution >= 0.6 is 11.3 Å². The average Bonchev–Trinajstić information content (AvgIpc) is 3.51. The van der Waals surface area contributed by atoms with Crippen molar-refractivity contribution in [3.05, 3.63) is 82.6 Å². The zero-order valence-electron chi connectivity index (χ0n) is 18.2. The predicted molar refractivity (Wildman–Crippen MR) is 130 cm³/mol. The summed E-state index contributed by atoms with van der Waals surface area (Å²) in [6.07, 6.45) is 3.22. The topological polar surface area (TPSA) is 67.4 Å². The van der Waals surface area contributed by atoms with Gasteiger partial charge in [-0.15, -0.1) is 0 Å². The molecule has 34 heavy (non-hydrogen) atoms. The molecule has 2 aliphatic rings. The monoisotopic (exact) mass is 470 g/mol. The van der Waals surface area contributed by atoms with Crippen LogP contribution in [-0.4, -0.2) is 21.0 Å². The van der Waals surface area contributed by atoms with E-state index >= 15 is 0 Å². The molecule has 5 nitrogen and oxygen atoms in total. The lowest BCUT2D eigenvalue weighted by Crippen LogP contribution is -2.29. The molecule has 0 radical (unpaired) electrons. The minimum absolute atomic E-state index is 0.0130. The number of carboxylic acid groups (broad SMARTS) is 1. The van der Waals surface area contributed by atoms with Gasteiger partial charge in [0, 0.05) is 17.0 Å². The fourth-order valence-corrected chi connectivity index (χ4v) is 5.58. The van der Waals surface area contributed by atoms with Crippen molar-refractivity contribution in [1.82, 2.24) is 9.97 Å². The molecule has 2 aliphatic carbocycles. The van der Waals surface area contributed by atoms with Crippen molar-refractivity contribution in [3.63, 3.8) is 0 Å². The molecule has 2 aromatic heterocycles. The number of carboxylic acids is 1. The molecule has 0 spiro atoms. The highest BCUT2D eigenvalue weighted by molar-refractivity contribution is 7.21. The molecule has 7 heteroatoms. The predicted octanol–water partition coefficient (Wildman–Crippen LogP) is 6.65. The van der Waals surface area contributed by atoms with Crippen molar-refractivity contribution in [1.29, 1.82) is 0 Å². The molecular weight excluding hydrogens is 449 g/mol. The van der Waals surface area contributed by atoms with Gasteiger partial charge in [0.25, 0.3) is 6.07 Å². The van der Waals surface area contributed by atoms with E-state index in [1.165, 1.54) is 23.0 Å². The summed E-state index contributed by atoms with van der Waals surface area (Å²) in [7, 11) is 0. The van der Waals surface area contributed by atoms with E-state index in [9.17, 15) is 9.18 Å². The normalized spacial score (nSPS) is 20.3. The van der Waals surface area contributed by atoms with Gasteiger partial charge >= 0.3 is 11.7 Å². The Hall–Kier alpha value is -3.63. The fraction of sp³-hybridized carbons (Fsp3) is 0.259. The van der Waals surface area contributed by atoms with Crippen LogP contribution in [0.1, 0.15) is 36.9 Å². The average molecular weight is 471 g/mol. The summed E-state index contributed by atoms with van der Waals surface area (Å²) >= 11 is 1.39. The number of fused-ring (bicyclic) bond motifs is 1. The molecule has 0 atom stereocenters. The van der Waals surface area contributed by atoms with Crippen LogP contribution in [0.2, 0.25) is 0 Å². The van der Waals surface area contributed by atoms with Gasteiger partial charge in [0.15, 0.2) is 0 Å². The highest BCUT2D eigenvalue weighted by Gasteiger charge is 2.47. The third kappa shape index (κ3) is 3.64. The van der Waals surface area contributed by atoms with E-state index < -0.39 is 11.8 Å². The molecule has 168 valence electrons. The summed E-state index contributed by atoms with van der Waals surface area (Å²) in [5.41, 5.74) is 3.95. The number of aliphatic carboxylic acids is 1. The Morgan fingerprint density at radius 2 is 1.88 bits per heavy atom. The quantitative estimate of drug-likeness (QED) is 0.362. The molecule has 0 unspecified atom stereocenters. The van der Waals surface area contributed by atoms with Crippen LogP contribution in [-0.2, 0) is 10.2 Å². The van der Waals surface area contributed by atoms with Gasteiger partial charge in [-0.3, -0.25) is 4.79 Å². The Bertz CT molecular complexity index is 1480. The van der Waals surface area contributed by atoms with Crippen LogP contribution in [0, 0.1) is 23.7 Å². The number of carbonyl (C=O) groups is 1. The van der Waals surface area contributed by atoms with Gasteiger partial charge in [-0.2, -0.15) is 0 Å². The second-order valence-corrected chi connectivity index (χ2v) is 10.1. The Morgan fingerprint density at radius 1 is 1.09 bits per heavy atom. The van der Waals surface area contributed by atoms with Crippen LogP contribution in [0.5, 0.6) is 0 Å². The van der Waals surface area contributed by atoms with E-state index in [0.717, 1.165) is 28.9 Å². The number of halogens is 1. The Balaban J connectivity index is 1.25. The number of pyridine rings is 1. The van der Waals surface area contributed by atoms with E-state index in [-0.39, 0.29) is 17.3 Å². The van der Waals surface area contributed by atoms with Crippen LogP contribution in [0.3, 0.4) is 0 Å². The Labute approximate surface area is 199 Å². The summed E-state index contributed by atoms with van der Waals surface area (Å²) < 4.78 is 14.9. The number of rotatable bonds is 4. The first-order valence-corrected chi connectivity index (χ1v) is 12.2. The van der Waals surface area contributed by atoms with Gasteiger partial charge in [0.05, 0.1) is 23.6 Å². The second-order valence-electron chi connectivity index (χ2n) is 9.10. The van der Waals surface area contributed by atoms with Crippen molar-refractivity contribution in [2.24, 2.45) is 11.8 Å². The van der Waals surface area contributed by atoms with Crippen molar-refractivity contribution in [3.8, 4) is 16.6 Å². The maximum Gasteiger partial charge on any atom is 0.343 e. The van der Waals surface area contributed by atoms with Gasteiger partial charge in [0.1, 0.15) is 21.2 Å². The molecular formula is C27H21FN3O2S+. The summed E-state index contributed by atoms with van der Waals surface area (Å²) in [6, 6.07) is 22.2. The van der Waals surface area contributed by atoms with E-state index in [4.69, 9.17) is 10.1 Å². The van der Waals surface area contributed by atoms with Crippen molar-refractivity contribution in [2.75, 3.05) is 0 Å². The molecule has 1 N–H and O–H groups in total. The van der Waals surface area contributed by atoms with Crippen LogP contribution < -0.4 is 0 Å². The molecule has 0 saturated heterocycles. The maximum atomic E-state index is 14.9. The van der Waals surface area contributed by atoms with Crippen molar-refractivity contribution >= 4 is 33.3 Å². The summed E-state index contributed by atoms with van der Waals surface area (Å²) in [5.74, 6) is -1.48. The highest BCUT2D eigenvalue weighted by Crippen LogP contribution is 2.53. The smallest absolute Gasteiger partial charge is 0.343 e. The van der Waals surface area contributed by atoms with Gasteiger partial charge in [0.2, 0.25) is 0 Å². The fourth-order valence-electron chi connectivity index (χ4n) is 4.61. The van der Waals surface area contributed by atoms with Gasteiger partial charge < -0.3 is 5.11 Å². The first-order chi connectivity index (χ1) is 16.5. The van der Waals surface area contributed by atoms with E-state index in [1.54, 1.807) is 12.1 Å². The first-order valence-electron chi connectivity index (χ1n) is 11.3. The minimum Gasteiger partial charge on any atom is -0.481 e. The van der Waals surface area contributed by atoms with Gasteiger partial charge in [-0.1, -0.05) is 41.7 Å². The number of nitrogens with zero attached hydrogens (tertiary/aromatic N) is 3. The summed E-state index contributed by atoms with van der Waals surface area (Å²) in [4.78, 5) is 25.5. The zero-order chi connectivity index (χ0) is 23.3. The zero-order valence-corrected chi connectivity index (χ0v) is 19.1. The third-order valence-electron chi connectivity index (χ3n) is 6.87. The summed E-state index contributed by atoms with van der Waals surface area (Å²) in [5, 5.41) is 9.54. The largest absolute Gasteiger partial charge is 0.481 e. The molecule has 0 aliphatic heterocycles. The van der Waals surface area contributed by atoms with Crippen LogP contribution in [0.15, 0.2) is 60.7 Å². The lowest BCUT2D eigenvalue weighted by atomic mass is 9.76. The lowest BCUT2D eigenvalue weighted by molar-refractivity contribution is -0.145. The van der Waals surface area contributed by atoms with Crippen molar-refractivity contribution in [2.45, 2.75) is 31.1 Å². The number of thiazole rings is 1. The van der Waals surface area contributed by atoms with E-state index in [2.05, 4.69) is 40.2 Å². The SMILES string of the molecule is O=C(O)C1CC(C#[N+]c2ccc(-c3nc4ccc(C5(c6ccccc6)CC5)nc4s3)c(F)c2)C1. The minimum atomic E-state index is -0.779.